The van der Waals surface area contributed by atoms with E-state index in [0.717, 1.165) is 25.7 Å². The monoisotopic (exact) mass is 450 g/mol. The van der Waals surface area contributed by atoms with Crippen LogP contribution in [0.3, 0.4) is 0 Å². The predicted molar refractivity (Wildman–Crippen MR) is 119 cm³/mol. The maximum absolute atomic E-state index is 12.8. The Morgan fingerprint density at radius 1 is 1.18 bits per heavy atom. The third-order valence-electron chi connectivity index (χ3n) is 5.89. The number of urea groups is 1. The highest BCUT2D eigenvalue weighted by Crippen LogP contribution is 2.30. The van der Waals surface area contributed by atoms with Gasteiger partial charge >= 0.3 is 6.03 Å². The molecule has 0 radical (unpaired) electrons. The Labute approximate surface area is 192 Å². The highest BCUT2D eigenvalue weighted by molar-refractivity contribution is 5.97. The summed E-state index contributed by atoms with van der Waals surface area (Å²) in [6, 6.07) is 9.15. The van der Waals surface area contributed by atoms with Crippen LogP contribution in [0.5, 0.6) is 11.6 Å². The van der Waals surface area contributed by atoms with Crippen LogP contribution in [-0.2, 0) is 4.79 Å². The first-order chi connectivity index (χ1) is 16.1. The minimum atomic E-state index is -0.205. The van der Waals surface area contributed by atoms with Crippen molar-refractivity contribution in [3.05, 3.63) is 42.4 Å². The summed E-state index contributed by atoms with van der Waals surface area (Å²) in [4.78, 5) is 36.7. The van der Waals surface area contributed by atoms with Crippen LogP contribution in [0, 0.1) is 11.3 Å². The van der Waals surface area contributed by atoms with Crippen LogP contribution in [-0.4, -0.2) is 65.7 Å². The van der Waals surface area contributed by atoms with E-state index < -0.39 is 0 Å². The molecular formula is C23H26N6O4. The van der Waals surface area contributed by atoms with Gasteiger partial charge in [-0.2, -0.15) is 5.26 Å². The molecule has 1 N–H and O–H groups in total. The molecule has 0 bridgehead atoms. The fourth-order valence-electron chi connectivity index (χ4n) is 4.22. The molecule has 172 valence electrons. The van der Waals surface area contributed by atoms with Crippen molar-refractivity contribution in [2.24, 2.45) is 0 Å². The number of ether oxygens (including phenoxy) is 2. The fourth-order valence-corrected chi connectivity index (χ4v) is 4.22. The van der Waals surface area contributed by atoms with Crippen LogP contribution in [0.25, 0.3) is 0 Å². The number of carbonyl (C=O) groups is 2. The number of benzene rings is 1. The van der Waals surface area contributed by atoms with E-state index in [2.05, 4.69) is 15.3 Å². The van der Waals surface area contributed by atoms with Crippen molar-refractivity contribution in [1.82, 2.24) is 20.2 Å². The number of nitrogens with zero attached hydrogens (tertiary/aromatic N) is 5. The van der Waals surface area contributed by atoms with E-state index in [1.807, 2.05) is 30.3 Å². The summed E-state index contributed by atoms with van der Waals surface area (Å²) in [6.07, 6.45) is 5.85. The lowest BCUT2D eigenvalue weighted by Crippen LogP contribution is -2.45. The molecule has 10 heteroatoms. The molecule has 1 aromatic heterocycles. The molecule has 4 rings (SSSR count). The Kier molecular flexibility index (Phi) is 6.88. The SMILES string of the molecule is COc1ccccc1N1CCN(CC(=O)NC2CCC(Oc3nccnc3C#N)CC2)C1=O. The van der Waals surface area contributed by atoms with Gasteiger partial charge in [0.1, 0.15) is 24.5 Å². The van der Waals surface area contributed by atoms with Gasteiger partial charge in [-0.15, -0.1) is 0 Å². The lowest BCUT2D eigenvalue weighted by Gasteiger charge is -2.29. The van der Waals surface area contributed by atoms with Gasteiger partial charge in [-0.3, -0.25) is 9.69 Å². The molecule has 3 amide bonds. The normalized spacial score (nSPS) is 20.3. The zero-order valence-corrected chi connectivity index (χ0v) is 18.4. The summed E-state index contributed by atoms with van der Waals surface area (Å²) >= 11 is 0. The van der Waals surface area contributed by atoms with Crippen molar-refractivity contribution in [2.45, 2.75) is 37.8 Å². The average molecular weight is 450 g/mol. The molecule has 2 aliphatic rings. The lowest BCUT2D eigenvalue weighted by molar-refractivity contribution is -0.122. The summed E-state index contributed by atoms with van der Waals surface area (Å²) in [6.45, 7) is 0.998. The van der Waals surface area contributed by atoms with Crippen LogP contribution in [0.15, 0.2) is 36.7 Å². The maximum atomic E-state index is 12.8. The summed E-state index contributed by atoms with van der Waals surface area (Å²) in [5, 5.41) is 12.2. The first kappa shape index (κ1) is 22.3. The van der Waals surface area contributed by atoms with Gasteiger partial charge in [-0.1, -0.05) is 12.1 Å². The summed E-state index contributed by atoms with van der Waals surface area (Å²) in [5.41, 5.74) is 0.874. The van der Waals surface area contributed by atoms with Crippen molar-refractivity contribution < 1.29 is 19.1 Å². The first-order valence-electron chi connectivity index (χ1n) is 11.0. The van der Waals surface area contributed by atoms with Crippen molar-refractivity contribution >= 4 is 17.6 Å². The smallest absolute Gasteiger partial charge is 0.325 e. The van der Waals surface area contributed by atoms with Crippen LogP contribution in [0.2, 0.25) is 0 Å². The molecule has 2 aromatic rings. The lowest BCUT2D eigenvalue weighted by atomic mass is 9.93. The second-order valence-electron chi connectivity index (χ2n) is 8.01. The minimum absolute atomic E-state index is 0.0199. The van der Waals surface area contributed by atoms with Crippen LogP contribution in [0.4, 0.5) is 10.5 Å². The summed E-state index contributed by atoms with van der Waals surface area (Å²) in [7, 11) is 1.57. The van der Waals surface area contributed by atoms with Crippen molar-refractivity contribution in [3.63, 3.8) is 0 Å². The standard InChI is InChI=1S/C23H26N6O4/c1-32-20-5-3-2-4-19(20)29-13-12-28(23(29)31)15-21(30)27-16-6-8-17(9-7-16)33-22-18(14-24)25-10-11-26-22/h2-5,10-11,16-17H,6-9,12-13,15H2,1H3,(H,27,30). The van der Waals surface area contributed by atoms with Gasteiger partial charge in [0, 0.05) is 31.5 Å². The van der Waals surface area contributed by atoms with E-state index in [4.69, 9.17) is 14.7 Å². The van der Waals surface area contributed by atoms with E-state index in [1.54, 1.807) is 16.9 Å². The Morgan fingerprint density at radius 3 is 2.70 bits per heavy atom. The average Bonchev–Trinajstić information content (AvgIpc) is 3.20. The van der Waals surface area contributed by atoms with E-state index in [9.17, 15) is 9.59 Å². The largest absolute Gasteiger partial charge is 0.495 e. The van der Waals surface area contributed by atoms with E-state index >= 15 is 0 Å². The number of aromatic nitrogens is 2. The number of rotatable bonds is 7. The van der Waals surface area contributed by atoms with Gasteiger partial charge < -0.3 is 19.7 Å². The van der Waals surface area contributed by atoms with Gasteiger partial charge in [-0.05, 0) is 37.8 Å². The van der Waals surface area contributed by atoms with Crippen LogP contribution >= 0.6 is 0 Å². The molecule has 0 spiro atoms. The highest BCUT2D eigenvalue weighted by Gasteiger charge is 2.33. The van der Waals surface area contributed by atoms with E-state index in [0.29, 0.717) is 24.5 Å². The van der Waals surface area contributed by atoms with Crippen LogP contribution in [0.1, 0.15) is 31.4 Å². The minimum Gasteiger partial charge on any atom is -0.495 e. The first-order valence-corrected chi connectivity index (χ1v) is 11.0. The third kappa shape index (κ3) is 5.14. The Balaban J connectivity index is 1.25. The zero-order chi connectivity index (χ0) is 23.2. The Bertz CT molecular complexity index is 1050. The second kappa shape index (κ2) is 10.2. The van der Waals surface area contributed by atoms with Gasteiger partial charge in [0.15, 0.2) is 0 Å². The number of nitriles is 1. The van der Waals surface area contributed by atoms with Gasteiger partial charge in [-0.25, -0.2) is 14.8 Å². The van der Waals surface area contributed by atoms with E-state index in [1.165, 1.54) is 12.4 Å². The number of carbonyl (C=O) groups excluding carboxylic acids is 2. The zero-order valence-electron chi connectivity index (χ0n) is 18.4. The Morgan fingerprint density at radius 2 is 1.94 bits per heavy atom. The summed E-state index contributed by atoms with van der Waals surface area (Å²) in [5.74, 6) is 0.703. The molecule has 0 unspecified atom stereocenters. The number of para-hydroxylation sites is 2. The molecular weight excluding hydrogens is 424 g/mol. The summed E-state index contributed by atoms with van der Waals surface area (Å²) < 4.78 is 11.2. The van der Waals surface area contributed by atoms with Gasteiger partial charge in [0.2, 0.25) is 11.6 Å². The number of anilines is 1. The molecule has 2 fully saturated rings. The molecule has 1 saturated carbocycles. The number of nitrogens with one attached hydrogen (secondary N) is 1. The van der Waals surface area contributed by atoms with Crippen LogP contribution < -0.4 is 19.7 Å². The third-order valence-corrected chi connectivity index (χ3v) is 5.89. The molecule has 1 saturated heterocycles. The number of hydrogen-bond acceptors (Lipinski definition) is 7. The quantitative estimate of drug-likeness (QED) is 0.686. The molecule has 1 aliphatic heterocycles. The van der Waals surface area contributed by atoms with Crippen molar-refractivity contribution in [2.75, 3.05) is 31.6 Å². The molecule has 1 aliphatic carbocycles. The van der Waals surface area contributed by atoms with Crippen molar-refractivity contribution in [1.29, 1.82) is 5.26 Å². The number of amides is 3. The van der Waals surface area contributed by atoms with Gasteiger partial charge in [0.25, 0.3) is 5.88 Å². The van der Waals surface area contributed by atoms with Crippen molar-refractivity contribution in [3.8, 4) is 17.7 Å². The molecule has 33 heavy (non-hydrogen) atoms. The topological polar surface area (TPSA) is 121 Å². The molecule has 1 aromatic carbocycles. The Hall–Kier alpha value is -3.87. The fraction of sp³-hybridized carbons (Fsp3) is 0.435. The van der Waals surface area contributed by atoms with E-state index in [-0.39, 0.29) is 42.2 Å². The predicted octanol–water partition coefficient (Wildman–Crippen LogP) is 2.11. The number of methoxy groups -OCH3 is 1. The van der Waals surface area contributed by atoms with Gasteiger partial charge in [0.05, 0.1) is 12.8 Å². The highest BCUT2D eigenvalue weighted by atomic mass is 16.5. The second-order valence-corrected chi connectivity index (χ2v) is 8.01. The molecule has 10 nitrogen and oxygen atoms in total. The number of hydrogen-bond donors (Lipinski definition) is 1. The maximum Gasteiger partial charge on any atom is 0.325 e. The molecule has 2 heterocycles. The molecule has 0 atom stereocenters.